The summed E-state index contributed by atoms with van der Waals surface area (Å²) in [6, 6.07) is 7.63. The maximum atomic E-state index is 11.5. The Labute approximate surface area is 97.0 Å². The van der Waals surface area contributed by atoms with Gasteiger partial charge in [0.05, 0.1) is 0 Å². The second-order valence-corrected chi connectivity index (χ2v) is 5.01. The van der Waals surface area contributed by atoms with Gasteiger partial charge in [-0.3, -0.25) is 0 Å². The van der Waals surface area contributed by atoms with Crippen LogP contribution in [0.5, 0.6) is 5.75 Å². The largest absolute Gasteiger partial charge is 0.414 e. The fourth-order valence-electron chi connectivity index (χ4n) is 1.36. The number of para-hydroxylation sites is 1. The molecule has 0 aliphatic rings. The summed E-state index contributed by atoms with van der Waals surface area (Å²) in [5.74, 6) is 0.633. The summed E-state index contributed by atoms with van der Waals surface area (Å²) in [5, 5.41) is 0. The molecule has 0 bridgehead atoms. The fraction of sp³-hybridized carbons (Fsp3) is 0.462. The maximum Gasteiger partial charge on any atom is 0.414 e. The first kappa shape index (κ1) is 12.6. The van der Waals surface area contributed by atoms with Crippen LogP contribution in [0.15, 0.2) is 24.3 Å². The third kappa shape index (κ3) is 2.99. The topological polar surface area (TPSA) is 29.5 Å². The molecule has 0 aromatic heterocycles. The summed E-state index contributed by atoms with van der Waals surface area (Å²) >= 11 is 0. The summed E-state index contributed by atoms with van der Waals surface area (Å²) in [6.07, 6.45) is -0.350. The molecule has 16 heavy (non-hydrogen) atoms. The van der Waals surface area contributed by atoms with E-state index in [0.717, 1.165) is 5.56 Å². The van der Waals surface area contributed by atoms with Crippen molar-refractivity contribution in [3.05, 3.63) is 29.8 Å². The summed E-state index contributed by atoms with van der Waals surface area (Å²) in [6.45, 7) is 6.28. The minimum Gasteiger partial charge on any atom is -0.410 e. The molecule has 1 aromatic carbocycles. The van der Waals surface area contributed by atoms with E-state index >= 15 is 0 Å². The van der Waals surface area contributed by atoms with Gasteiger partial charge in [-0.25, -0.2) is 4.79 Å². The second kappa shape index (κ2) is 4.56. The normalized spacial score (nSPS) is 11.1. The van der Waals surface area contributed by atoms with Crippen LogP contribution in [0.4, 0.5) is 4.79 Å². The standard InChI is InChI=1S/C13H19NO2/c1-13(2,3)10-8-6-7-9-11(10)16-12(15)14(4)5/h6-9H,1-5H3. The van der Waals surface area contributed by atoms with Crippen LogP contribution in [0, 0.1) is 0 Å². The lowest BCUT2D eigenvalue weighted by Crippen LogP contribution is -2.26. The monoisotopic (exact) mass is 221 g/mol. The van der Waals surface area contributed by atoms with Gasteiger partial charge in [-0.15, -0.1) is 0 Å². The van der Waals surface area contributed by atoms with Crippen molar-refractivity contribution in [1.82, 2.24) is 4.90 Å². The van der Waals surface area contributed by atoms with Crippen LogP contribution in [0.25, 0.3) is 0 Å². The van der Waals surface area contributed by atoms with Crippen molar-refractivity contribution in [2.45, 2.75) is 26.2 Å². The number of nitrogens with zero attached hydrogens (tertiary/aromatic N) is 1. The Balaban J connectivity index is 3.01. The van der Waals surface area contributed by atoms with Crippen LogP contribution >= 0.6 is 0 Å². The van der Waals surface area contributed by atoms with Crippen molar-refractivity contribution in [2.75, 3.05) is 14.1 Å². The molecule has 1 rings (SSSR count). The molecule has 3 heteroatoms. The van der Waals surface area contributed by atoms with E-state index in [1.807, 2.05) is 24.3 Å². The molecule has 0 radical (unpaired) electrons. The molecular weight excluding hydrogens is 202 g/mol. The van der Waals surface area contributed by atoms with Crippen molar-refractivity contribution in [3.63, 3.8) is 0 Å². The second-order valence-electron chi connectivity index (χ2n) is 5.01. The van der Waals surface area contributed by atoms with Gasteiger partial charge in [0.2, 0.25) is 0 Å². The number of rotatable bonds is 1. The van der Waals surface area contributed by atoms with Crippen molar-refractivity contribution >= 4 is 6.09 Å². The Bertz CT molecular complexity index is 378. The van der Waals surface area contributed by atoms with E-state index in [1.54, 1.807) is 14.1 Å². The van der Waals surface area contributed by atoms with Crippen LogP contribution in [0.2, 0.25) is 0 Å². The quantitative estimate of drug-likeness (QED) is 0.729. The molecule has 0 heterocycles. The summed E-state index contributed by atoms with van der Waals surface area (Å²) in [4.78, 5) is 12.9. The van der Waals surface area contributed by atoms with E-state index < -0.39 is 0 Å². The number of carbonyl (C=O) groups excluding carboxylic acids is 1. The van der Waals surface area contributed by atoms with Crippen LogP contribution in [-0.4, -0.2) is 25.1 Å². The first-order valence-electron chi connectivity index (χ1n) is 5.31. The molecule has 3 nitrogen and oxygen atoms in total. The van der Waals surface area contributed by atoms with E-state index in [-0.39, 0.29) is 11.5 Å². The molecule has 0 spiro atoms. The lowest BCUT2D eigenvalue weighted by Gasteiger charge is -2.22. The lowest BCUT2D eigenvalue weighted by atomic mass is 9.86. The molecule has 0 fully saturated rings. The number of hydrogen-bond acceptors (Lipinski definition) is 2. The molecule has 0 aliphatic heterocycles. The van der Waals surface area contributed by atoms with E-state index in [1.165, 1.54) is 4.90 Å². The highest BCUT2D eigenvalue weighted by molar-refractivity contribution is 5.70. The molecule has 0 unspecified atom stereocenters. The van der Waals surface area contributed by atoms with E-state index in [2.05, 4.69) is 20.8 Å². The molecule has 0 saturated carbocycles. The average Bonchev–Trinajstić information content (AvgIpc) is 2.16. The Morgan fingerprint density at radius 1 is 1.19 bits per heavy atom. The van der Waals surface area contributed by atoms with Gasteiger partial charge < -0.3 is 9.64 Å². The van der Waals surface area contributed by atoms with Gasteiger partial charge in [-0.05, 0) is 11.5 Å². The minimum absolute atomic E-state index is 0.0385. The molecule has 0 aliphatic carbocycles. The summed E-state index contributed by atoms with van der Waals surface area (Å²) in [5.41, 5.74) is 0.994. The number of benzene rings is 1. The highest BCUT2D eigenvalue weighted by atomic mass is 16.6. The smallest absolute Gasteiger partial charge is 0.410 e. The molecular formula is C13H19NO2. The van der Waals surface area contributed by atoms with Crippen molar-refractivity contribution < 1.29 is 9.53 Å². The van der Waals surface area contributed by atoms with Crippen LogP contribution < -0.4 is 4.74 Å². The average molecular weight is 221 g/mol. The van der Waals surface area contributed by atoms with Gasteiger partial charge in [0.1, 0.15) is 5.75 Å². The number of carbonyl (C=O) groups is 1. The summed E-state index contributed by atoms with van der Waals surface area (Å²) in [7, 11) is 3.34. The zero-order valence-electron chi connectivity index (χ0n) is 10.6. The van der Waals surface area contributed by atoms with Crippen molar-refractivity contribution in [3.8, 4) is 5.75 Å². The highest BCUT2D eigenvalue weighted by Gasteiger charge is 2.20. The highest BCUT2D eigenvalue weighted by Crippen LogP contribution is 2.31. The van der Waals surface area contributed by atoms with Gasteiger partial charge in [0, 0.05) is 19.7 Å². The molecule has 0 saturated heterocycles. The minimum atomic E-state index is -0.350. The van der Waals surface area contributed by atoms with E-state index in [4.69, 9.17) is 4.74 Å². The molecule has 1 aromatic rings. The van der Waals surface area contributed by atoms with Crippen molar-refractivity contribution in [2.24, 2.45) is 0 Å². The first-order valence-corrected chi connectivity index (χ1v) is 5.31. The van der Waals surface area contributed by atoms with Crippen LogP contribution in [0.1, 0.15) is 26.3 Å². The van der Waals surface area contributed by atoms with Crippen LogP contribution in [-0.2, 0) is 5.41 Å². The SMILES string of the molecule is CN(C)C(=O)Oc1ccccc1C(C)(C)C. The predicted octanol–water partition coefficient (Wildman–Crippen LogP) is 3.04. The fourth-order valence-corrected chi connectivity index (χ4v) is 1.36. The third-order valence-electron chi connectivity index (χ3n) is 2.26. The Hall–Kier alpha value is -1.51. The summed E-state index contributed by atoms with van der Waals surface area (Å²) < 4.78 is 5.32. The zero-order valence-corrected chi connectivity index (χ0v) is 10.6. The number of hydrogen-bond donors (Lipinski definition) is 0. The molecule has 88 valence electrons. The molecule has 0 N–H and O–H groups in total. The third-order valence-corrected chi connectivity index (χ3v) is 2.26. The van der Waals surface area contributed by atoms with Gasteiger partial charge in [0.15, 0.2) is 0 Å². The Morgan fingerprint density at radius 2 is 1.75 bits per heavy atom. The Morgan fingerprint density at radius 3 is 2.25 bits per heavy atom. The lowest BCUT2D eigenvalue weighted by molar-refractivity contribution is 0.171. The maximum absolute atomic E-state index is 11.5. The van der Waals surface area contributed by atoms with Gasteiger partial charge in [-0.2, -0.15) is 0 Å². The number of ether oxygens (including phenoxy) is 1. The zero-order chi connectivity index (χ0) is 12.3. The van der Waals surface area contributed by atoms with E-state index in [0.29, 0.717) is 5.75 Å². The van der Waals surface area contributed by atoms with E-state index in [9.17, 15) is 4.79 Å². The Kier molecular flexibility index (Phi) is 3.58. The number of amides is 1. The molecule has 0 atom stereocenters. The predicted molar refractivity (Wildman–Crippen MR) is 64.9 cm³/mol. The van der Waals surface area contributed by atoms with Gasteiger partial charge in [-0.1, -0.05) is 39.0 Å². The first-order chi connectivity index (χ1) is 7.32. The van der Waals surface area contributed by atoms with Gasteiger partial charge >= 0.3 is 6.09 Å². The van der Waals surface area contributed by atoms with Gasteiger partial charge in [0.25, 0.3) is 0 Å². The van der Waals surface area contributed by atoms with Crippen LogP contribution in [0.3, 0.4) is 0 Å². The van der Waals surface area contributed by atoms with Crippen molar-refractivity contribution in [1.29, 1.82) is 0 Å². The molecule has 1 amide bonds.